The fraction of sp³-hybridized carbons (Fsp3) is 0.538. The molecule has 0 atom stereocenters. The lowest BCUT2D eigenvalue weighted by Crippen LogP contribution is -2.39. The maximum absolute atomic E-state index is 13.9. The van der Waals surface area contributed by atoms with Crippen molar-refractivity contribution < 1.29 is 17.2 Å². The van der Waals surface area contributed by atoms with Crippen molar-refractivity contribution in [2.75, 3.05) is 19.6 Å². The van der Waals surface area contributed by atoms with E-state index in [1.54, 1.807) is 0 Å². The normalized spacial score (nSPS) is 18.1. The number of hydrogen-bond acceptors (Lipinski definition) is 3. The van der Waals surface area contributed by atoms with Gasteiger partial charge >= 0.3 is 0 Å². The summed E-state index contributed by atoms with van der Waals surface area (Å²) >= 11 is 2.93. The van der Waals surface area contributed by atoms with Gasteiger partial charge in [-0.05, 0) is 53.7 Å². The molecule has 8 heteroatoms. The highest BCUT2D eigenvalue weighted by Crippen LogP contribution is 2.31. The van der Waals surface area contributed by atoms with Gasteiger partial charge in [0, 0.05) is 23.6 Å². The molecule has 0 aliphatic carbocycles. The van der Waals surface area contributed by atoms with Crippen LogP contribution in [0.2, 0.25) is 0 Å². The number of rotatable bonds is 4. The van der Waals surface area contributed by atoms with E-state index in [1.807, 2.05) is 0 Å². The third kappa shape index (κ3) is 3.61. The van der Waals surface area contributed by atoms with Crippen LogP contribution in [0, 0.1) is 17.6 Å². The van der Waals surface area contributed by atoms with Gasteiger partial charge in [0.15, 0.2) is 0 Å². The molecule has 2 rings (SSSR count). The summed E-state index contributed by atoms with van der Waals surface area (Å²) in [5.41, 5.74) is 5.50. The molecule has 118 valence electrons. The van der Waals surface area contributed by atoms with Crippen LogP contribution in [0.5, 0.6) is 0 Å². The minimum Gasteiger partial charge on any atom is -0.330 e. The molecule has 1 heterocycles. The Kier molecular flexibility index (Phi) is 5.34. The van der Waals surface area contributed by atoms with Gasteiger partial charge in [-0.25, -0.2) is 17.2 Å². The molecular formula is C13H17BrF2N2O2S. The van der Waals surface area contributed by atoms with Gasteiger partial charge in [-0.3, -0.25) is 0 Å². The summed E-state index contributed by atoms with van der Waals surface area (Å²) in [6.45, 7) is 1.24. The molecule has 1 saturated heterocycles. The van der Waals surface area contributed by atoms with Crippen molar-refractivity contribution in [3.05, 3.63) is 28.2 Å². The van der Waals surface area contributed by atoms with E-state index in [-0.39, 0.29) is 4.47 Å². The van der Waals surface area contributed by atoms with Crippen molar-refractivity contribution >= 4 is 26.0 Å². The second-order valence-electron chi connectivity index (χ2n) is 5.12. The molecular weight excluding hydrogens is 366 g/mol. The Labute approximate surface area is 131 Å². The van der Waals surface area contributed by atoms with Gasteiger partial charge < -0.3 is 5.73 Å². The number of hydrogen-bond donors (Lipinski definition) is 1. The van der Waals surface area contributed by atoms with E-state index in [4.69, 9.17) is 5.73 Å². The van der Waals surface area contributed by atoms with Crippen molar-refractivity contribution in [3.63, 3.8) is 0 Å². The zero-order valence-corrected chi connectivity index (χ0v) is 13.8. The van der Waals surface area contributed by atoms with Crippen LogP contribution in [-0.4, -0.2) is 32.4 Å². The predicted molar refractivity (Wildman–Crippen MR) is 79.2 cm³/mol. The van der Waals surface area contributed by atoms with E-state index in [2.05, 4.69) is 15.9 Å². The molecule has 1 aromatic rings. The van der Waals surface area contributed by atoms with Crippen LogP contribution in [0.4, 0.5) is 8.78 Å². The van der Waals surface area contributed by atoms with Gasteiger partial charge in [0.25, 0.3) is 0 Å². The van der Waals surface area contributed by atoms with Gasteiger partial charge in [0.1, 0.15) is 16.5 Å². The van der Waals surface area contributed by atoms with Crippen molar-refractivity contribution in [1.82, 2.24) is 4.31 Å². The number of nitrogens with two attached hydrogens (primary N) is 1. The summed E-state index contributed by atoms with van der Waals surface area (Å²) in [6.07, 6.45) is 2.27. The first kappa shape index (κ1) is 16.8. The summed E-state index contributed by atoms with van der Waals surface area (Å²) < 4.78 is 53.1. The quantitative estimate of drug-likeness (QED) is 0.869. The van der Waals surface area contributed by atoms with Gasteiger partial charge in [-0.2, -0.15) is 4.31 Å². The van der Waals surface area contributed by atoms with Gasteiger partial charge in [-0.1, -0.05) is 0 Å². The number of sulfonamides is 1. The van der Waals surface area contributed by atoms with Crippen molar-refractivity contribution in [3.8, 4) is 0 Å². The third-order valence-corrected chi connectivity index (χ3v) is 6.57. The summed E-state index contributed by atoms with van der Waals surface area (Å²) in [5, 5.41) is 0. The molecule has 4 nitrogen and oxygen atoms in total. The number of piperidine rings is 1. The second kappa shape index (κ2) is 6.68. The Morgan fingerprint density at radius 1 is 1.29 bits per heavy atom. The Morgan fingerprint density at radius 3 is 2.43 bits per heavy atom. The molecule has 0 bridgehead atoms. The first-order valence-electron chi connectivity index (χ1n) is 6.71. The number of nitrogens with zero attached hydrogens (tertiary/aromatic N) is 1. The molecule has 21 heavy (non-hydrogen) atoms. The lowest BCUT2D eigenvalue weighted by atomic mass is 9.95. The minimum absolute atomic E-state index is 0.0934. The molecule has 2 N–H and O–H groups in total. The van der Waals surface area contributed by atoms with Crippen LogP contribution in [0.15, 0.2) is 21.5 Å². The largest absolute Gasteiger partial charge is 0.330 e. The summed E-state index contributed by atoms with van der Waals surface area (Å²) in [4.78, 5) is -0.499. The first-order chi connectivity index (χ1) is 9.86. The predicted octanol–water partition coefficient (Wildman–Crippen LogP) is 2.48. The molecule has 1 aliphatic heterocycles. The third-order valence-electron chi connectivity index (χ3n) is 3.71. The molecule has 0 saturated carbocycles. The molecule has 0 radical (unpaired) electrons. The van der Waals surface area contributed by atoms with E-state index >= 15 is 0 Å². The zero-order valence-electron chi connectivity index (χ0n) is 11.4. The monoisotopic (exact) mass is 382 g/mol. The maximum Gasteiger partial charge on any atom is 0.247 e. The van der Waals surface area contributed by atoms with E-state index in [9.17, 15) is 17.2 Å². The average Bonchev–Trinajstić information content (AvgIpc) is 2.38. The SMILES string of the molecule is NCCC1CCN(S(=O)(=O)c2c(F)cc(F)cc2Br)CC1. The van der Waals surface area contributed by atoms with Crippen LogP contribution in [0.1, 0.15) is 19.3 Å². The molecule has 1 aliphatic rings. The Balaban J connectivity index is 2.24. The number of halogens is 3. The van der Waals surface area contributed by atoms with Crippen molar-refractivity contribution in [2.24, 2.45) is 11.7 Å². The minimum atomic E-state index is -3.96. The Hall–Kier alpha value is -0.570. The van der Waals surface area contributed by atoms with Crippen LogP contribution < -0.4 is 5.73 Å². The molecule has 0 amide bonds. The Morgan fingerprint density at radius 2 is 1.90 bits per heavy atom. The highest BCUT2D eigenvalue weighted by atomic mass is 79.9. The lowest BCUT2D eigenvalue weighted by molar-refractivity contribution is 0.265. The van der Waals surface area contributed by atoms with Gasteiger partial charge in [0.05, 0.1) is 0 Å². The van der Waals surface area contributed by atoms with Crippen LogP contribution in [0.25, 0.3) is 0 Å². The summed E-state index contributed by atoms with van der Waals surface area (Å²) in [5.74, 6) is -1.49. The lowest BCUT2D eigenvalue weighted by Gasteiger charge is -2.31. The van der Waals surface area contributed by atoms with E-state index < -0.39 is 26.6 Å². The van der Waals surface area contributed by atoms with E-state index in [0.717, 1.165) is 12.5 Å². The van der Waals surface area contributed by atoms with Gasteiger partial charge in [0.2, 0.25) is 10.0 Å². The highest BCUT2D eigenvalue weighted by Gasteiger charge is 2.33. The van der Waals surface area contributed by atoms with E-state index in [0.29, 0.717) is 44.5 Å². The van der Waals surface area contributed by atoms with Crippen molar-refractivity contribution in [1.29, 1.82) is 0 Å². The topological polar surface area (TPSA) is 63.4 Å². The van der Waals surface area contributed by atoms with E-state index in [1.165, 1.54) is 4.31 Å². The van der Waals surface area contributed by atoms with Crippen LogP contribution in [-0.2, 0) is 10.0 Å². The summed E-state index contributed by atoms with van der Waals surface area (Å²) in [7, 11) is -3.96. The standard InChI is InChI=1S/C13H17BrF2N2O2S/c14-11-7-10(15)8-12(16)13(11)21(19,20)18-5-2-9(1-4-17)3-6-18/h7-9H,1-6,17H2. The average molecular weight is 383 g/mol. The smallest absolute Gasteiger partial charge is 0.247 e. The second-order valence-corrected chi connectivity index (χ2v) is 7.85. The van der Waals surface area contributed by atoms with Gasteiger partial charge in [-0.15, -0.1) is 0 Å². The molecule has 1 aromatic carbocycles. The van der Waals surface area contributed by atoms with Crippen LogP contribution in [0.3, 0.4) is 0 Å². The van der Waals surface area contributed by atoms with Crippen LogP contribution >= 0.6 is 15.9 Å². The fourth-order valence-corrected chi connectivity index (χ4v) is 5.16. The fourth-order valence-electron chi connectivity index (χ4n) is 2.58. The Bertz CT molecular complexity index is 594. The maximum atomic E-state index is 13.9. The zero-order chi connectivity index (χ0) is 15.6. The molecule has 0 unspecified atom stereocenters. The number of benzene rings is 1. The molecule has 1 fully saturated rings. The first-order valence-corrected chi connectivity index (χ1v) is 8.94. The molecule has 0 spiro atoms. The molecule has 0 aromatic heterocycles. The highest BCUT2D eigenvalue weighted by molar-refractivity contribution is 9.10. The van der Waals surface area contributed by atoms with Crippen molar-refractivity contribution in [2.45, 2.75) is 24.2 Å². The summed E-state index contributed by atoms with van der Waals surface area (Å²) in [6, 6.07) is 1.54.